The number of nitrogens with one attached hydrogen (secondary N) is 1. The number of carbonyl (C=O) groups is 1. The van der Waals surface area contributed by atoms with E-state index in [1.54, 1.807) is 0 Å². The monoisotopic (exact) mass is 295 g/mol. The quantitative estimate of drug-likeness (QED) is 0.817. The SMILES string of the molecule is CCCC1NC(CC(C)C)N(CC2CCCN(C)C2)C1=O. The molecule has 0 aliphatic carbocycles. The van der Waals surface area contributed by atoms with E-state index in [0.717, 1.165) is 32.4 Å². The van der Waals surface area contributed by atoms with Crippen LogP contribution in [0.2, 0.25) is 0 Å². The maximum absolute atomic E-state index is 12.7. The highest BCUT2D eigenvalue weighted by Gasteiger charge is 2.39. The van der Waals surface area contributed by atoms with E-state index >= 15 is 0 Å². The van der Waals surface area contributed by atoms with Crippen LogP contribution in [0.5, 0.6) is 0 Å². The average molecular weight is 295 g/mol. The summed E-state index contributed by atoms with van der Waals surface area (Å²) in [7, 11) is 2.20. The second-order valence-corrected chi connectivity index (χ2v) is 7.41. The number of piperidine rings is 1. The van der Waals surface area contributed by atoms with Crippen LogP contribution in [0.3, 0.4) is 0 Å². The van der Waals surface area contributed by atoms with Gasteiger partial charge in [0, 0.05) is 13.1 Å². The predicted molar refractivity (Wildman–Crippen MR) is 87.0 cm³/mol. The van der Waals surface area contributed by atoms with Crippen LogP contribution in [-0.4, -0.2) is 54.6 Å². The highest BCUT2D eigenvalue weighted by molar-refractivity contribution is 5.84. The zero-order valence-electron chi connectivity index (χ0n) is 14.3. The van der Waals surface area contributed by atoms with Crippen LogP contribution in [0.25, 0.3) is 0 Å². The number of hydrogen-bond donors (Lipinski definition) is 1. The first-order valence-corrected chi connectivity index (χ1v) is 8.76. The number of amides is 1. The van der Waals surface area contributed by atoms with Crippen molar-refractivity contribution in [2.24, 2.45) is 11.8 Å². The van der Waals surface area contributed by atoms with Gasteiger partial charge in [-0.15, -0.1) is 0 Å². The summed E-state index contributed by atoms with van der Waals surface area (Å²) >= 11 is 0. The second kappa shape index (κ2) is 7.59. The minimum Gasteiger partial charge on any atom is -0.325 e. The molecule has 4 nitrogen and oxygen atoms in total. The number of nitrogens with zero attached hydrogens (tertiary/aromatic N) is 2. The molecule has 1 N–H and O–H groups in total. The molecule has 2 heterocycles. The average Bonchev–Trinajstić information content (AvgIpc) is 2.67. The maximum Gasteiger partial charge on any atom is 0.241 e. The molecule has 0 radical (unpaired) electrons. The van der Waals surface area contributed by atoms with Crippen molar-refractivity contribution >= 4 is 5.91 Å². The first-order chi connectivity index (χ1) is 10.0. The lowest BCUT2D eigenvalue weighted by Gasteiger charge is -2.34. The molecule has 122 valence electrons. The van der Waals surface area contributed by atoms with Crippen molar-refractivity contribution < 1.29 is 4.79 Å². The summed E-state index contributed by atoms with van der Waals surface area (Å²) in [5.74, 6) is 1.60. The van der Waals surface area contributed by atoms with Crippen LogP contribution < -0.4 is 5.32 Å². The summed E-state index contributed by atoms with van der Waals surface area (Å²) in [5.41, 5.74) is 0. The predicted octanol–water partition coefficient (Wildman–Crippen LogP) is 2.30. The molecule has 3 unspecified atom stereocenters. The van der Waals surface area contributed by atoms with E-state index in [2.05, 4.69) is 42.9 Å². The minimum atomic E-state index is 0.0556. The standard InChI is InChI=1S/C17H33N3O/c1-5-7-15-17(21)20(16(18-15)10-13(2)3)12-14-8-6-9-19(4)11-14/h13-16,18H,5-12H2,1-4H3. The summed E-state index contributed by atoms with van der Waals surface area (Å²) < 4.78 is 0. The van der Waals surface area contributed by atoms with Crippen LogP contribution in [0.1, 0.15) is 52.9 Å². The first kappa shape index (κ1) is 16.8. The van der Waals surface area contributed by atoms with Crippen LogP contribution in [0.4, 0.5) is 0 Å². The number of carbonyl (C=O) groups excluding carboxylic acids is 1. The fourth-order valence-electron chi connectivity index (χ4n) is 3.80. The Hall–Kier alpha value is -0.610. The molecule has 21 heavy (non-hydrogen) atoms. The van der Waals surface area contributed by atoms with Crippen molar-refractivity contribution in [3.63, 3.8) is 0 Å². The van der Waals surface area contributed by atoms with Crippen molar-refractivity contribution in [1.29, 1.82) is 0 Å². The van der Waals surface area contributed by atoms with Crippen molar-refractivity contribution in [1.82, 2.24) is 15.1 Å². The molecular weight excluding hydrogens is 262 g/mol. The lowest BCUT2D eigenvalue weighted by Crippen LogP contribution is -2.44. The Balaban J connectivity index is 1.99. The highest BCUT2D eigenvalue weighted by Crippen LogP contribution is 2.24. The van der Waals surface area contributed by atoms with Crippen molar-refractivity contribution in [3.8, 4) is 0 Å². The Kier molecular flexibility index (Phi) is 6.06. The summed E-state index contributed by atoms with van der Waals surface area (Å²) in [6.07, 6.45) is 5.88. The number of hydrogen-bond acceptors (Lipinski definition) is 3. The lowest BCUT2D eigenvalue weighted by atomic mass is 9.97. The van der Waals surface area contributed by atoms with E-state index in [1.807, 2.05) is 0 Å². The molecule has 1 amide bonds. The fraction of sp³-hybridized carbons (Fsp3) is 0.941. The van der Waals surface area contributed by atoms with Gasteiger partial charge in [0.15, 0.2) is 0 Å². The van der Waals surface area contributed by atoms with Gasteiger partial charge in [0.2, 0.25) is 5.91 Å². The molecule has 2 fully saturated rings. The van der Waals surface area contributed by atoms with Crippen molar-refractivity contribution in [3.05, 3.63) is 0 Å². The Morgan fingerprint density at radius 1 is 1.38 bits per heavy atom. The van der Waals surface area contributed by atoms with E-state index in [1.165, 1.54) is 19.4 Å². The maximum atomic E-state index is 12.7. The van der Waals surface area contributed by atoms with E-state index in [9.17, 15) is 4.79 Å². The van der Waals surface area contributed by atoms with Gasteiger partial charge in [-0.05, 0) is 51.1 Å². The molecule has 0 aromatic carbocycles. The molecule has 0 aromatic heterocycles. The van der Waals surface area contributed by atoms with E-state index in [0.29, 0.717) is 17.7 Å². The van der Waals surface area contributed by atoms with Gasteiger partial charge in [-0.2, -0.15) is 0 Å². The molecular formula is C17H33N3O. The zero-order chi connectivity index (χ0) is 15.4. The van der Waals surface area contributed by atoms with Gasteiger partial charge in [0.25, 0.3) is 0 Å². The van der Waals surface area contributed by atoms with Gasteiger partial charge in [0.05, 0.1) is 12.2 Å². The molecule has 2 aliphatic heterocycles. The van der Waals surface area contributed by atoms with Crippen LogP contribution >= 0.6 is 0 Å². The Morgan fingerprint density at radius 3 is 2.76 bits per heavy atom. The largest absolute Gasteiger partial charge is 0.325 e. The molecule has 0 spiro atoms. The summed E-state index contributed by atoms with van der Waals surface area (Å²) in [5, 5.41) is 3.59. The highest BCUT2D eigenvalue weighted by atomic mass is 16.2. The van der Waals surface area contributed by atoms with E-state index < -0.39 is 0 Å². The van der Waals surface area contributed by atoms with Gasteiger partial charge < -0.3 is 9.80 Å². The van der Waals surface area contributed by atoms with Gasteiger partial charge >= 0.3 is 0 Å². The molecule has 3 atom stereocenters. The molecule has 0 bridgehead atoms. The summed E-state index contributed by atoms with van der Waals surface area (Å²) in [6, 6.07) is 0.0556. The smallest absolute Gasteiger partial charge is 0.241 e. The van der Waals surface area contributed by atoms with E-state index in [4.69, 9.17) is 0 Å². The van der Waals surface area contributed by atoms with Gasteiger partial charge in [0.1, 0.15) is 0 Å². The Morgan fingerprint density at radius 2 is 2.14 bits per heavy atom. The number of rotatable bonds is 6. The topological polar surface area (TPSA) is 35.6 Å². The fourth-order valence-corrected chi connectivity index (χ4v) is 3.80. The van der Waals surface area contributed by atoms with Gasteiger partial charge in [-0.3, -0.25) is 10.1 Å². The van der Waals surface area contributed by atoms with Crippen LogP contribution in [0.15, 0.2) is 0 Å². The van der Waals surface area contributed by atoms with Crippen molar-refractivity contribution in [2.45, 2.75) is 65.1 Å². The minimum absolute atomic E-state index is 0.0556. The third-order valence-corrected chi connectivity index (χ3v) is 4.80. The molecule has 4 heteroatoms. The summed E-state index contributed by atoms with van der Waals surface area (Å²) in [6.45, 7) is 9.92. The number of likely N-dealkylation sites (tertiary alicyclic amines) is 1. The van der Waals surface area contributed by atoms with Gasteiger partial charge in [-0.25, -0.2) is 0 Å². The third kappa shape index (κ3) is 4.43. The molecule has 0 aromatic rings. The van der Waals surface area contributed by atoms with Gasteiger partial charge in [-0.1, -0.05) is 27.2 Å². The lowest BCUT2D eigenvalue weighted by molar-refractivity contribution is -0.131. The van der Waals surface area contributed by atoms with E-state index in [-0.39, 0.29) is 12.2 Å². The second-order valence-electron chi connectivity index (χ2n) is 7.41. The molecule has 2 rings (SSSR count). The van der Waals surface area contributed by atoms with Crippen LogP contribution in [0, 0.1) is 11.8 Å². The third-order valence-electron chi connectivity index (χ3n) is 4.80. The first-order valence-electron chi connectivity index (χ1n) is 8.76. The summed E-state index contributed by atoms with van der Waals surface area (Å²) in [4.78, 5) is 17.3. The van der Waals surface area contributed by atoms with Crippen molar-refractivity contribution in [2.75, 3.05) is 26.7 Å². The molecule has 2 aliphatic rings. The van der Waals surface area contributed by atoms with Crippen LogP contribution in [-0.2, 0) is 4.79 Å². The normalized spacial score (nSPS) is 31.4. The zero-order valence-corrected chi connectivity index (χ0v) is 14.3. The Labute approximate surface area is 130 Å². The molecule has 0 saturated carbocycles. The molecule has 2 saturated heterocycles. The Bertz CT molecular complexity index is 345.